The van der Waals surface area contributed by atoms with E-state index in [1.807, 2.05) is 0 Å². The van der Waals surface area contributed by atoms with Crippen LogP contribution in [0.15, 0.2) is 60.8 Å². The Hall–Kier alpha value is -4.34. The number of fused-ring (bicyclic) bond motifs is 1. The van der Waals surface area contributed by atoms with Gasteiger partial charge < -0.3 is 15.4 Å². The molecule has 0 spiro atoms. The summed E-state index contributed by atoms with van der Waals surface area (Å²) in [6.45, 7) is 1.39. The zero-order valence-corrected chi connectivity index (χ0v) is 17.7. The van der Waals surface area contributed by atoms with Crippen molar-refractivity contribution in [3.8, 4) is 17.0 Å². The van der Waals surface area contributed by atoms with Crippen LogP contribution in [0.5, 0.6) is 5.75 Å². The maximum Gasteiger partial charge on any atom is 0.280 e. The first kappa shape index (κ1) is 21.9. The van der Waals surface area contributed by atoms with Crippen molar-refractivity contribution in [3.05, 3.63) is 72.1 Å². The minimum Gasteiger partial charge on any atom is -0.497 e. The van der Waals surface area contributed by atoms with Gasteiger partial charge in [-0.3, -0.25) is 9.59 Å². The largest absolute Gasteiger partial charge is 0.497 e. The summed E-state index contributed by atoms with van der Waals surface area (Å²) in [5.41, 5.74) is 1.54. The number of nitrogens with one attached hydrogen (secondary N) is 2. The number of carbonyl (C=O) groups excluding carboxylic acids is 2. The van der Waals surface area contributed by atoms with Crippen molar-refractivity contribution >= 4 is 28.8 Å². The third-order valence-electron chi connectivity index (χ3n) is 4.82. The van der Waals surface area contributed by atoms with Crippen molar-refractivity contribution in [2.75, 3.05) is 17.7 Å². The molecule has 0 aliphatic rings. The molecule has 0 atom stereocenters. The zero-order chi connectivity index (χ0) is 23.5. The van der Waals surface area contributed by atoms with Crippen molar-refractivity contribution in [2.45, 2.75) is 13.3 Å². The number of aromatic nitrogens is 3. The summed E-state index contributed by atoms with van der Waals surface area (Å²) in [7, 11) is 1.53. The first-order chi connectivity index (χ1) is 15.9. The van der Waals surface area contributed by atoms with Crippen LogP contribution >= 0.6 is 0 Å². The molecule has 0 saturated heterocycles. The molecule has 168 valence electrons. The van der Waals surface area contributed by atoms with Crippen LogP contribution < -0.4 is 15.4 Å². The average molecular weight is 451 g/mol. The quantitative estimate of drug-likeness (QED) is 0.448. The minimum atomic E-state index is -2.83. The Morgan fingerprint density at radius 1 is 1.00 bits per heavy atom. The lowest BCUT2D eigenvalue weighted by molar-refractivity contribution is -0.114. The molecule has 0 saturated carbocycles. The second-order valence-corrected chi connectivity index (χ2v) is 7.10. The molecule has 2 aromatic carbocycles. The van der Waals surface area contributed by atoms with E-state index in [9.17, 15) is 18.4 Å². The molecule has 2 heterocycles. The Balaban J connectivity index is 1.69. The Morgan fingerprint density at radius 3 is 2.21 bits per heavy atom. The van der Waals surface area contributed by atoms with Crippen LogP contribution in [0.3, 0.4) is 0 Å². The lowest BCUT2D eigenvalue weighted by Gasteiger charge is -2.09. The van der Waals surface area contributed by atoms with Crippen molar-refractivity contribution in [1.29, 1.82) is 0 Å². The molecule has 0 aliphatic heterocycles. The summed E-state index contributed by atoms with van der Waals surface area (Å²) in [4.78, 5) is 28.5. The number of rotatable bonds is 6. The summed E-state index contributed by atoms with van der Waals surface area (Å²) in [5, 5.41) is 9.28. The fourth-order valence-corrected chi connectivity index (χ4v) is 3.25. The summed E-state index contributed by atoms with van der Waals surface area (Å²) >= 11 is 0. The van der Waals surface area contributed by atoms with E-state index in [4.69, 9.17) is 4.74 Å². The number of methoxy groups -OCH3 is 1. The zero-order valence-electron chi connectivity index (χ0n) is 17.7. The van der Waals surface area contributed by atoms with Gasteiger partial charge in [-0.15, -0.1) is 0 Å². The van der Waals surface area contributed by atoms with Gasteiger partial charge in [0.15, 0.2) is 5.65 Å². The van der Waals surface area contributed by atoms with Gasteiger partial charge in [0.05, 0.1) is 19.0 Å². The number of halogens is 2. The second kappa shape index (κ2) is 9.03. The van der Waals surface area contributed by atoms with E-state index in [0.29, 0.717) is 22.7 Å². The van der Waals surface area contributed by atoms with Gasteiger partial charge in [0, 0.05) is 23.9 Å². The third-order valence-corrected chi connectivity index (χ3v) is 4.82. The smallest absolute Gasteiger partial charge is 0.280 e. The third kappa shape index (κ3) is 4.64. The first-order valence-corrected chi connectivity index (χ1v) is 9.86. The number of carbonyl (C=O) groups is 2. The van der Waals surface area contributed by atoms with Gasteiger partial charge in [0.1, 0.15) is 17.0 Å². The van der Waals surface area contributed by atoms with Crippen LogP contribution in [0, 0.1) is 0 Å². The number of amides is 2. The predicted octanol–water partition coefficient (Wildman–Crippen LogP) is 4.55. The molecule has 2 amide bonds. The predicted molar refractivity (Wildman–Crippen MR) is 119 cm³/mol. The van der Waals surface area contributed by atoms with Gasteiger partial charge in [0.2, 0.25) is 5.91 Å². The molecule has 4 aromatic rings. The standard InChI is InChI=1S/C23H19F2N5O3/c1-13(31)27-15-5-7-16(8-6-15)28-23(32)18-12-26-30-20(21(24)25)11-19(29-22(18)30)14-3-9-17(33-2)10-4-14/h3-12,21H,1-2H3,(H,27,31)(H,28,32). The highest BCUT2D eigenvalue weighted by molar-refractivity contribution is 6.08. The number of anilines is 2. The molecule has 0 bridgehead atoms. The molecular formula is C23H19F2N5O3. The van der Waals surface area contributed by atoms with Gasteiger partial charge in [-0.05, 0) is 54.6 Å². The van der Waals surface area contributed by atoms with Crippen LogP contribution in [0.2, 0.25) is 0 Å². The normalized spacial score (nSPS) is 10.9. The van der Waals surface area contributed by atoms with Crippen molar-refractivity contribution in [3.63, 3.8) is 0 Å². The molecule has 8 nitrogen and oxygen atoms in total. The highest BCUT2D eigenvalue weighted by atomic mass is 19.3. The van der Waals surface area contributed by atoms with Crippen LogP contribution in [0.25, 0.3) is 16.9 Å². The Bertz CT molecular complexity index is 1320. The monoisotopic (exact) mass is 451 g/mol. The summed E-state index contributed by atoms with van der Waals surface area (Å²) in [6.07, 6.45) is -1.63. The number of nitrogens with zero attached hydrogens (tertiary/aromatic N) is 3. The molecule has 2 aromatic heterocycles. The summed E-state index contributed by atoms with van der Waals surface area (Å²) in [6, 6.07) is 14.5. The van der Waals surface area contributed by atoms with Crippen LogP contribution in [0.4, 0.5) is 20.2 Å². The molecule has 0 unspecified atom stereocenters. The lowest BCUT2D eigenvalue weighted by atomic mass is 10.1. The Kier molecular flexibility index (Phi) is 5.99. The highest BCUT2D eigenvalue weighted by Crippen LogP contribution is 2.28. The molecule has 10 heteroatoms. The van der Waals surface area contributed by atoms with E-state index >= 15 is 0 Å². The Labute approximate surface area is 187 Å². The number of hydrogen-bond acceptors (Lipinski definition) is 5. The van der Waals surface area contributed by atoms with E-state index in [0.717, 1.165) is 4.52 Å². The highest BCUT2D eigenvalue weighted by Gasteiger charge is 2.21. The number of benzene rings is 2. The maximum atomic E-state index is 13.8. The van der Waals surface area contributed by atoms with E-state index in [1.54, 1.807) is 48.5 Å². The molecular weight excluding hydrogens is 432 g/mol. The summed E-state index contributed by atoms with van der Waals surface area (Å²) < 4.78 is 33.6. The first-order valence-electron chi connectivity index (χ1n) is 9.86. The van der Waals surface area contributed by atoms with Gasteiger partial charge in [-0.2, -0.15) is 5.10 Å². The molecule has 0 aliphatic carbocycles. The maximum absolute atomic E-state index is 13.8. The minimum absolute atomic E-state index is 0.00554. The van der Waals surface area contributed by atoms with Crippen molar-refractivity contribution in [2.24, 2.45) is 0 Å². The van der Waals surface area contributed by atoms with Gasteiger partial charge in [-0.25, -0.2) is 18.3 Å². The van der Waals surface area contributed by atoms with E-state index in [-0.39, 0.29) is 28.5 Å². The topological polar surface area (TPSA) is 97.6 Å². The van der Waals surface area contributed by atoms with Gasteiger partial charge >= 0.3 is 0 Å². The number of hydrogen-bond donors (Lipinski definition) is 2. The molecule has 33 heavy (non-hydrogen) atoms. The fourth-order valence-electron chi connectivity index (χ4n) is 3.25. The van der Waals surface area contributed by atoms with Crippen molar-refractivity contribution < 1.29 is 23.1 Å². The summed E-state index contributed by atoms with van der Waals surface area (Å²) in [5.74, 6) is -0.161. The van der Waals surface area contributed by atoms with Crippen LogP contribution in [-0.4, -0.2) is 33.5 Å². The molecule has 4 rings (SSSR count). The van der Waals surface area contributed by atoms with E-state index in [2.05, 4.69) is 20.7 Å². The Morgan fingerprint density at radius 2 is 1.64 bits per heavy atom. The van der Waals surface area contributed by atoms with Gasteiger partial charge in [0.25, 0.3) is 12.3 Å². The fraction of sp³-hybridized carbons (Fsp3) is 0.130. The lowest BCUT2D eigenvalue weighted by Crippen LogP contribution is -2.13. The average Bonchev–Trinajstić information content (AvgIpc) is 3.23. The second-order valence-electron chi connectivity index (χ2n) is 7.10. The molecule has 0 radical (unpaired) electrons. The van der Waals surface area contributed by atoms with E-state index in [1.165, 1.54) is 26.3 Å². The number of ether oxygens (including phenoxy) is 1. The van der Waals surface area contributed by atoms with Crippen LogP contribution in [-0.2, 0) is 4.79 Å². The van der Waals surface area contributed by atoms with E-state index < -0.39 is 12.3 Å². The molecule has 0 fully saturated rings. The molecule has 2 N–H and O–H groups in total. The SMILES string of the molecule is COc1ccc(-c2cc(C(F)F)n3ncc(C(=O)Nc4ccc(NC(C)=O)cc4)c3n2)cc1. The number of alkyl halides is 2. The van der Waals surface area contributed by atoms with Crippen molar-refractivity contribution in [1.82, 2.24) is 14.6 Å². The van der Waals surface area contributed by atoms with Crippen LogP contribution in [0.1, 0.15) is 29.4 Å². The van der Waals surface area contributed by atoms with Gasteiger partial charge in [-0.1, -0.05) is 0 Å².